The zero-order valence-corrected chi connectivity index (χ0v) is 15.5. The molecular weight excluding hydrogens is 376 g/mol. The van der Waals surface area contributed by atoms with Crippen molar-refractivity contribution < 1.29 is 72.1 Å². The van der Waals surface area contributed by atoms with Gasteiger partial charge in [0, 0.05) is 0 Å². The van der Waals surface area contributed by atoms with Gasteiger partial charge in [-0.3, -0.25) is 0 Å². The van der Waals surface area contributed by atoms with E-state index >= 15 is 0 Å². The molecule has 0 heterocycles. The van der Waals surface area contributed by atoms with Crippen molar-refractivity contribution in [2.24, 2.45) is 0 Å². The van der Waals surface area contributed by atoms with Crippen LogP contribution in [-0.4, -0.2) is 70.7 Å². The first-order valence-corrected chi connectivity index (χ1v) is 9.23. The van der Waals surface area contributed by atoms with Gasteiger partial charge in [0.2, 0.25) is 0 Å². The second-order valence-electron chi connectivity index (χ2n) is 4.14. The fraction of sp³-hybridized carbons (Fsp3) is 1.00. The molecule has 1 unspecified atom stereocenters. The summed E-state index contributed by atoms with van der Waals surface area (Å²) in [5, 5.41) is 9.82. The third kappa shape index (κ3) is 14.3. The summed E-state index contributed by atoms with van der Waals surface area (Å²) in [6, 6.07) is 0. The molecule has 0 saturated heterocycles. The van der Waals surface area contributed by atoms with Crippen LogP contribution in [0.2, 0.25) is 0 Å². The topological polar surface area (TPSA) is 331 Å². The van der Waals surface area contributed by atoms with E-state index in [1.54, 1.807) is 0 Å². The summed E-state index contributed by atoms with van der Waals surface area (Å²) >= 11 is 0. The minimum absolute atomic E-state index is 0. The van der Waals surface area contributed by atoms with Gasteiger partial charge < -0.3 is 72.1 Å². The molecule has 14 nitrogen and oxygen atoms in total. The van der Waals surface area contributed by atoms with E-state index in [1.165, 1.54) is 13.1 Å². The van der Waals surface area contributed by atoms with Gasteiger partial charge in [-0.1, -0.05) is 0 Å². The third-order valence-electron chi connectivity index (χ3n) is 2.40. The van der Waals surface area contributed by atoms with E-state index in [1.807, 2.05) is 0 Å². The maximum atomic E-state index is 10.5. The highest BCUT2D eigenvalue weighted by Gasteiger charge is 2.40. The molecule has 17 N–H and O–H groups in total. The third-order valence-corrected chi connectivity index (χ3v) is 6.12. The van der Waals surface area contributed by atoms with Gasteiger partial charge in [-0.25, -0.2) is 0 Å². The Labute approximate surface area is 140 Å². The van der Waals surface area contributed by atoms with E-state index in [2.05, 4.69) is 30.5 Å². The smallest absolute Gasteiger partial charge is 0.168 e. The first-order chi connectivity index (χ1) is 8.97. The van der Waals surface area contributed by atoms with Crippen LogP contribution in [0.25, 0.3) is 0 Å². The van der Waals surface area contributed by atoms with Crippen LogP contribution >= 0.6 is 15.2 Å². The van der Waals surface area contributed by atoms with E-state index in [0.29, 0.717) is 0 Å². The summed E-state index contributed by atoms with van der Waals surface area (Å²) in [6.07, 6.45) is -0.990. The van der Waals surface area contributed by atoms with Crippen molar-refractivity contribution in [1.82, 2.24) is 0 Å². The number of rotatable bonds is 8. The second kappa shape index (κ2) is 17.8. The van der Waals surface area contributed by atoms with Gasteiger partial charge in [0.05, 0.1) is 20.6 Å². The van der Waals surface area contributed by atoms with Crippen LogP contribution in [0.3, 0.4) is 0 Å². The predicted molar refractivity (Wildman–Crippen MR) is 79.3 cm³/mol. The Morgan fingerprint density at radius 1 is 1.00 bits per heavy atom. The summed E-state index contributed by atoms with van der Waals surface area (Å²) in [6.45, 7) is 2.59. The van der Waals surface area contributed by atoms with Crippen molar-refractivity contribution in [3.05, 3.63) is 0 Å². The van der Waals surface area contributed by atoms with Crippen LogP contribution in [0, 0.1) is 0 Å². The molecule has 0 aromatic rings. The van der Waals surface area contributed by atoms with Gasteiger partial charge in [0.25, 0.3) is 0 Å². The van der Waals surface area contributed by atoms with Crippen LogP contribution < -0.4 is 31.0 Å². The molecule has 24 heavy (non-hydrogen) atoms. The summed E-state index contributed by atoms with van der Waals surface area (Å²) in [4.78, 5) is 40.0. The van der Waals surface area contributed by atoms with Crippen molar-refractivity contribution in [1.29, 1.82) is 0 Å². The standard InChI is InChI=1S/C4H12N2.C4H13NO7P2.4H2O/c1-5-3-4-6-2;5-3-1-2-4(6,13(7,8)9)14(10,11)12;;;;/h5-6H,3-4H2,1-2H3;6H,1-3,5H2,(H2,7,8,9)(H2,10,11,12);4*1H2. The quantitative estimate of drug-likeness (QED) is 0.190. The van der Waals surface area contributed by atoms with E-state index in [9.17, 15) is 23.8 Å². The minimum Gasteiger partial charge on any atom is -0.808 e. The second-order valence-corrected chi connectivity index (χ2v) is 8.01. The molecule has 0 radical (unpaired) electrons. The number of quaternary nitrogens is 3. The molecule has 0 aromatic heterocycles. The van der Waals surface area contributed by atoms with Gasteiger partial charge in [0.1, 0.15) is 13.1 Å². The number of hydrogen-bond donors (Lipinski definition) is 5. The normalized spacial score (nSPS) is 14.7. The maximum Gasteiger partial charge on any atom is 0.168 e. The largest absolute Gasteiger partial charge is 0.808 e. The highest BCUT2D eigenvalue weighted by molar-refractivity contribution is 7.70. The Kier molecular flexibility index (Phi) is 29.0. The van der Waals surface area contributed by atoms with E-state index in [-0.39, 0.29) is 34.9 Å². The number of nitrogens with two attached hydrogens (primary N) is 2. The van der Waals surface area contributed by atoms with Crippen molar-refractivity contribution >= 4 is 15.2 Å². The Morgan fingerprint density at radius 2 is 1.33 bits per heavy atom. The van der Waals surface area contributed by atoms with Crippen molar-refractivity contribution in [3.63, 3.8) is 0 Å². The molecule has 0 rings (SSSR count). The molecule has 0 aromatic carbocycles. The van der Waals surface area contributed by atoms with Crippen molar-refractivity contribution in [3.8, 4) is 0 Å². The fourth-order valence-corrected chi connectivity index (χ4v) is 3.24. The molecule has 156 valence electrons. The first kappa shape index (κ1) is 39.2. The number of hydrogen-bond acceptors (Lipinski definition) is 6. The van der Waals surface area contributed by atoms with Crippen molar-refractivity contribution in [2.45, 2.75) is 17.9 Å². The lowest BCUT2D eigenvalue weighted by molar-refractivity contribution is -0.698. The Bertz CT molecular complexity index is 322. The maximum absolute atomic E-state index is 10.5. The van der Waals surface area contributed by atoms with Crippen molar-refractivity contribution in [2.75, 3.05) is 33.7 Å². The lowest BCUT2D eigenvalue weighted by atomic mass is 10.3. The molecular formula is C8H33N3O11P2. The Hall–Kier alpha value is -0.0200. The summed E-state index contributed by atoms with van der Waals surface area (Å²) in [7, 11) is -7.31. The van der Waals surface area contributed by atoms with Gasteiger partial charge in [-0.15, -0.1) is 0 Å². The van der Waals surface area contributed by atoms with Crippen LogP contribution in [0.4, 0.5) is 0 Å². The van der Waals surface area contributed by atoms with E-state index < -0.39 is 26.7 Å². The van der Waals surface area contributed by atoms with Gasteiger partial charge in [0.15, 0.2) is 12.7 Å². The highest BCUT2D eigenvalue weighted by Crippen LogP contribution is 2.63. The van der Waals surface area contributed by atoms with Crippen LogP contribution in [-0.2, 0) is 9.13 Å². The van der Waals surface area contributed by atoms with Gasteiger partial charge in [-0.05, 0) is 20.4 Å². The lowest BCUT2D eigenvalue weighted by Gasteiger charge is -2.49. The molecule has 0 bridgehead atoms. The van der Waals surface area contributed by atoms with E-state index in [4.69, 9.17) is 10.00 Å². The van der Waals surface area contributed by atoms with Gasteiger partial charge >= 0.3 is 0 Å². The number of likely N-dealkylation sites (N-methyl/N-ethyl adjacent to an activating group) is 2. The van der Waals surface area contributed by atoms with Crippen LogP contribution in [0.1, 0.15) is 12.8 Å². The summed E-state index contributed by atoms with van der Waals surface area (Å²) < 4.78 is 21.0. The molecule has 0 fully saturated rings. The monoisotopic (exact) mass is 409 g/mol. The predicted octanol–water partition coefficient (Wildman–Crippen LogP) is -9.81. The first-order valence-electron chi connectivity index (χ1n) is 6.11. The van der Waals surface area contributed by atoms with Gasteiger partial charge in [-0.2, -0.15) is 0 Å². The SMILES string of the molecule is C[NH2+]CC[NH2+]C.O.O.O.O.[NH3+]CCC[C@@](O)(P(=O)([O-])[O-])P(=O)([O-])O. The molecule has 2 atom stereocenters. The summed E-state index contributed by atoms with van der Waals surface area (Å²) in [5.74, 6) is 0. The Morgan fingerprint density at radius 3 is 1.50 bits per heavy atom. The fourth-order valence-electron chi connectivity index (χ4n) is 1.13. The average Bonchev–Trinajstić information content (AvgIpc) is 2.31. The zero-order chi connectivity index (χ0) is 16.4. The van der Waals surface area contributed by atoms with Crippen LogP contribution in [0.15, 0.2) is 0 Å². The molecule has 0 aliphatic rings. The average molecular weight is 409 g/mol. The molecule has 16 heteroatoms. The Balaban J connectivity index is -0.0000000710. The molecule has 0 saturated carbocycles. The zero-order valence-electron chi connectivity index (χ0n) is 13.7. The van der Waals surface area contributed by atoms with E-state index in [0.717, 1.165) is 0 Å². The lowest BCUT2D eigenvalue weighted by Crippen LogP contribution is -2.91. The minimum atomic E-state index is -5.84. The molecule has 0 aliphatic carbocycles. The molecule has 0 aliphatic heterocycles. The number of aliphatic hydroxyl groups is 1. The molecule has 0 spiro atoms. The van der Waals surface area contributed by atoms with Crippen LogP contribution in [0.5, 0.6) is 0 Å². The highest BCUT2D eigenvalue weighted by atomic mass is 31.2. The summed E-state index contributed by atoms with van der Waals surface area (Å²) in [5.41, 5.74) is 3.27. The molecule has 0 amide bonds.